The Morgan fingerprint density at radius 1 is 1.45 bits per heavy atom. The molecule has 1 rings (SSSR count). The summed E-state index contributed by atoms with van der Waals surface area (Å²) in [5.74, 6) is -0.0224. The monoisotopic (exact) mass is 380 g/mol. The summed E-state index contributed by atoms with van der Waals surface area (Å²) < 4.78 is 5.63. The molecule has 64 valence electrons. The van der Waals surface area contributed by atoms with Gasteiger partial charge < -0.3 is 4.74 Å². The van der Waals surface area contributed by atoms with Gasteiger partial charge in [0.2, 0.25) is 0 Å². The summed E-state index contributed by atoms with van der Waals surface area (Å²) in [6.07, 6.45) is 3.90. The Balaban J connectivity index is 2.45. The van der Waals surface area contributed by atoms with Crippen LogP contribution in [-0.2, 0) is 9.53 Å². The van der Waals surface area contributed by atoms with Gasteiger partial charge in [-0.2, -0.15) is 0 Å². The Morgan fingerprint density at radius 3 is 2.82 bits per heavy atom. The second kappa shape index (κ2) is 4.84. The van der Waals surface area contributed by atoms with Gasteiger partial charge >= 0.3 is 5.97 Å². The topological polar surface area (TPSA) is 26.3 Å². The van der Waals surface area contributed by atoms with Gasteiger partial charge in [0.05, 0.1) is 1.93 Å². The molecule has 0 aliphatic carbocycles. The Bertz CT molecular complexity index is 147. The standard InChI is InChI=1S/C7H10I2O2/c8-7(9)5-3-1-2-4-6(10)11-5/h5,7H,1-4H2. The fourth-order valence-corrected chi connectivity index (χ4v) is 2.09. The predicted octanol–water partition coefficient (Wildman–Crippen LogP) is 2.67. The molecule has 1 heterocycles. The first-order chi connectivity index (χ1) is 5.20. The molecule has 2 nitrogen and oxygen atoms in total. The van der Waals surface area contributed by atoms with E-state index < -0.39 is 0 Å². The van der Waals surface area contributed by atoms with Gasteiger partial charge in [-0.25, -0.2) is 0 Å². The molecule has 4 heteroatoms. The van der Waals surface area contributed by atoms with Crippen molar-refractivity contribution in [1.29, 1.82) is 0 Å². The van der Waals surface area contributed by atoms with Crippen LogP contribution in [0.25, 0.3) is 0 Å². The molecule has 1 unspecified atom stereocenters. The minimum Gasteiger partial charge on any atom is -0.460 e. The van der Waals surface area contributed by atoms with Gasteiger partial charge in [0.15, 0.2) is 0 Å². The summed E-state index contributed by atoms with van der Waals surface area (Å²) in [5, 5.41) is 0. The largest absolute Gasteiger partial charge is 0.460 e. The quantitative estimate of drug-likeness (QED) is 0.398. The van der Waals surface area contributed by atoms with Crippen LogP contribution in [0.2, 0.25) is 0 Å². The number of ether oxygens (including phenoxy) is 1. The third-order valence-electron chi connectivity index (χ3n) is 1.68. The average Bonchev–Trinajstić information content (AvgIpc) is 2.13. The minimum atomic E-state index is -0.0224. The molecule has 1 saturated heterocycles. The van der Waals surface area contributed by atoms with Crippen LogP contribution in [0.15, 0.2) is 0 Å². The van der Waals surface area contributed by atoms with Crippen molar-refractivity contribution in [2.75, 3.05) is 0 Å². The lowest BCUT2D eigenvalue weighted by atomic mass is 10.2. The van der Waals surface area contributed by atoms with Crippen molar-refractivity contribution in [3.63, 3.8) is 0 Å². The first kappa shape index (κ1) is 10.0. The molecule has 0 saturated carbocycles. The van der Waals surface area contributed by atoms with Crippen LogP contribution in [0.1, 0.15) is 25.7 Å². The SMILES string of the molecule is O=C1CCCCC(C(I)I)O1. The Hall–Kier alpha value is 0.930. The van der Waals surface area contributed by atoms with E-state index in [0.29, 0.717) is 8.35 Å². The first-order valence-electron chi connectivity index (χ1n) is 3.68. The first-order valence-corrected chi connectivity index (χ1v) is 6.17. The summed E-state index contributed by atoms with van der Waals surface area (Å²) >= 11 is 4.60. The molecule has 0 aromatic heterocycles. The van der Waals surface area contributed by atoms with Crippen LogP contribution < -0.4 is 0 Å². The molecule has 0 amide bonds. The number of rotatable bonds is 1. The van der Waals surface area contributed by atoms with Crippen molar-refractivity contribution >= 4 is 51.2 Å². The van der Waals surface area contributed by atoms with Crippen molar-refractivity contribution in [3.05, 3.63) is 0 Å². The molecular formula is C7H10I2O2. The van der Waals surface area contributed by atoms with Crippen molar-refractivity contribution < 1.29 is 9.53 Å². The number of hydrogen-bond acceptors (Lipinski definition) is 2. The highest BCUT2D eigenvalue weighted by molar-refractivity contribution is 14.2. The molecule has 0 N–H and O–H groups in total. The smallest absolute Gasteiger partial charge is 0.306 e. The van der Waals surface area contributed by atoms with E-state index >= 15 is 0 Å². The highest BCUT2D eigenvalue weighted by Crippen LogP contribution is 2.25. The third kappa shape index (κ3) is 3.43. The molecular weight excluding hydrogens is 370 g/mol. The van der Waals surface area contributed by atoms with Gasteiger partial charge in [0, 0.05) is 6.42 Å². The summed E-state index contributed by atoms with van der Waals surface area (Å²) in [5.41, 5.74) is 0. The number of carbonyl (C=O) groups excluding carboxylic acids is 1. The number of alkyl halides is 2. The maximum atomic E-state index is 11.0. The highest BCUT2D eigenvalue weighted by Gasteiger charge is 2.22. The van der Waals surface area contributed by atoms with E-state index in [0.717, 1.165) is 19.3 Å². The van der Waals surface area contributed by atoms with Crippen LogP contribution in [0.3, 0.4) is 0 Å². The van der Waals surface area contributed by atoms with Gasteiger partial charge in [-0.3, -0.25) is 4.79 Å². The molecule has 11 heavy (non-hydrogen) atoms. The van der Waals surface area contributed by atoms with Crippen molar-refractivity contribution in [2.24, 2.45) is 0 Å². The van der Waals surface area contributed by atoms with E-state index in [1.54, 1.807) is 0 Å². The molecule has 0 radical (unpaired) electrons. The summed E-state index contributed by atoms with van der Waals surface area (Å²) in [6, 6.07) is 0. The predicted molar refractivity (Wildman–Crippen MR) is 60.2 cm³/mol. The van der Waals surface area contributed by atoms with E-state index in [-0.39, 0.29) is 12.1 Å². The fraction of sp³-hybridized carbons (Fsp3) is 0.857. The molecule has 1 fully saturated rings. The molecule has 0 aromatic carbocycles. The third-order valence-corrected chi connectivity index (χ3v) is 3.29. The zero-order valence-electron chi connectivity index (χ0n) is 6.06. The zero-order valence-corrected chi connectivity index (χ0v) is 10.4. The molecule has 1 atom stereocenters. The van der Waals surface area contributed by atoms with Crippen LogP contribution in [0, 0.1) is 0 Å². The fourth-order valence-electron chi connectivity index (χ4n) is 1.08. The number of esters is 1. The zero-order chi connectivity index (χ0) is 8.27. The number of cyclic esters (lactones) is 1. The number of carbonyl (C=O) groups is 1. The molecule has 1 aliphatic heterocycles. The van der Waals surface area contributed by atoms with Crippen molar-refractivity contribution in [1.82, 2.24) is 0 Å². The van der Waals surface area contributed by atoms with E-state index in [1.807, 2.05) is 0 Å². The van der Waals surface area contributed by atoms with Gasteiger partial charge in [-0.05, 0) is 19.3 Å². The van der Waals surface area contributed by atoms with Gasteiger partial charge in [0.1, 0.15) is 6.10 Å². The molecule has 1 aliphatic rings. The summed E-state index contributed by atoms with van der Waals surface area (Å²) in [4.78, 5) is 11.0. The number of halogens is 2. The van der Waals surface area contributed by atoms with Crippen LogP contribution in [-0.4, -0.2) is 14.0 Å². The molecule has 0 bridgehead atoms. The van der Waals surface area contributed by atoms with E-state index in [2.05, 4.69) is 45.2 Å². The van der Waals surface area contributed by atoms with Crippen molar-refractivity contribution in [3.8, 4) is 0 Å². The number of hydrogen-bond donors (Lipinski definition) is 0. The van der Waals surface area contributed by atoms with Crippen molar-refractivity contribution in [2.45, 2.75) is 33.7 Å². The second-order valence-electron chi connectivity index (χ2n) is 2.61. The summed E-state index contributed by atoms with van der Waals surface area (Å²) in [7, 11) is 0. The normalized spacial score (nSPS) is 26.5. The van der Waals surface area contributed by atoms with Crippen LogP contribution in [0.5, 0.6) is 0 Å². The lowest BCUT2D eigenvalue weighted by Gasteiger charge is -2.15. The Morgan fingerprint density at radius 2 is 2.18 bits per heavy atom. The van der Waals surface area contributed by atoms with Gasteiger partial charge in [-0.1, -0.05) is 45.2 Å². The summed E-state index contributed by atoms with van der Waals surface area (Å²) in [6.45, 7) is 0. The highest BCUT2D eigenvalue weighted by atomic mass is 127. The Kier molecular flexibility index (Phi) is 4.40. The molecule has 0 aromatic rings. The second-order valence-corrected chi connectivity index (χ2v) is 7.68. The average molecular weight is 380 g/mol. The lowest BCUT2D eigenvalue weighted by molar-refractivity contribution is -0.146. The lowest BCUT2D eigenvalue weighted by Crippen LogP contribution is -2.21. The van der Waals surface area contributed by atoms with E-state index in [9.17, 15) is 4.79 Å². The molecule has 0 spiro atoms. The van der Waals surface area contributed by atoms with Crippen LogP contribution in [0.4, 0.5) is 0 Å². The van der Waals surface area contributed by atoms with E-state index in [4.69, 9.17) is 4.74 Å². The Labute approximate surface area is 93.7 Å². The van der Waals surface area contributed by atoms with Crippen LogP contribution >= 0.6 is 45.2 Å². The maximum Gasteiger partial charge on any atom is 0.306 e. The minimum absolute atomic E-state index is 0.0224. The maximum absolute atomic E-state index is 11.0. The van der Waals surface area contributed by atoms with Gasteiger partial charge in [0.25, 0.3) is 0 Å². The van der Waals surface area contributed by atoms with Gasteiger partial charge in [-0.15, -0.1) is 0 Å². The van der Waals surface area contributed by atoms with E-state index in [1.165, 1.54) is 0 Å².